The van der Waals surface area contributed by atoms with E-state index < -0.39 is 11.7 Å². The van der Waals surface area contributed by atoms with Crippen LogP contribution in [0.5, 0.6) is 0 Å². The van der Waals surface area contributed by atoms with E-state index in [1.165, 1.54) is 37.5 Å². The Balaban J connectivity index is 1.32. The van der Waals surface area contributed by atoms with Crippen LogP contribution in [-0.2, 0) is 4.79 Å². The van der Waals surface area contributed by atoms with Crippen molar-refractivity contribution in [2.75, 3.05) is 0 Å². The Labute approximate surface area is 158 Å². The molecule has 4 bridgehead atoms. The summed E-state index contributed by atoms with van der Waals surface area (Å²) < 4.78 is 13.6. The highest BCUT2D eigenvalue weighted by Gasteiger charge is 2.51. The zero-order valence-electron chi connectivity index (χ0n) is 15.6. The van der Waals surface area contributed by atoms with Gasteiger partial charge < -0.3 is 5.32 Å². The molecule has 6 heteroatoms. The van der Waals surface area contributed by atoms with Gasteiger partial charge in [-0.05, 0) is 75.3 Å². The molecule has 0 heterocycles. The van der Waals surface area contributed by atoms with Crippen LogP contribution in [0.15, 0.2) is 29.4 Å². The zero-order chi connectivity index (χ0) is 19.0. The van der Waals surface area contributed by atoms with Crippen LogP contribution in [0.3, 0.4) is 0 Å². The summed E-state index contributed by atoms with van der Waals surface area (Å²) in [7, 11) is 0. The predicted molar refractivity (Wildman–Crippen MR) is 101 cm³/mol. The van der Waals surface area contributed by atoms with Crippen molar-refractivity contribution in [2.24, 2.45) is 22.9 Å². The number of carbonyl (C=O) groups is 2. The van der Waals surface area contributed by atoms with Crippen LogP contribution in [0, 0.1) is 23.6 Å². The van der Waals surface area contributed by atoms with E-state index in [1.807, 2.05) is 0 Å². The van der Waals surface area contributed by atoms with Crippen molar-refractivity contribution < 1.29 is 14.0 Å². The minimum Gasteiger partial charge on any atom is -0.350 e. The number of halogens is 1. The monoisotopic (exact) mass is 371 g/mol. The smallest absolute Gasteiger partial charge is 0.274 e. The van der Waals surface area contributed by atoms with Gasteiger partial charge in [-0.2, -0.15) is 5.10 Å². The van der Waals surface area contributed by atoms with E-state index in [4.69, 9.17) is 0 Å². The summed E-state index contributed by atoms with van der Waals surface area (Å²) >= 11 is 0. The zero-order valence-corrected chi connectivity index (χ0v) is 15.6. The van der Waals surface area contributed by atoms with Crippen molar-refractivity contribution in [3.8, 4) is 0 Å². The molecular weight excluding hydrogens is 345 g/mol. The van der Waals surface area contributed by atoms with E-state index in [9.17, 15) is 14.0 Å². The van der Waals surface area contributed by atoms with Crippen LogP contribution < -0.4 is 10.7 Å². The molecule has 0 spiro atoms. The topological polar surface area (TPSA) is 70.6 Å². The fourth-order valence-corrected chi connectivity index (χ4v) is 5.73. The molecule has 0 saturated heterocycles. The number of hydrazone groups is 1. The fourth-order valence-electron chi connectivity index (χ4n) is 5.73. The number of rotatable bonds is 5. The number of carbonyl (C=O) groups excluding carboxylic acids is 2. The Morgan fingerprint density at radius 3 is 2.30 bits per heavy atom. The molecule has 0 aliphatic heterocycles. The van der Waals surface area contributed by atoms with Gasteiger partial charge in [0.05, 0.1) is 12.0 Å². The maximum absolute atomic E-state index is 13.6. The molecule has 4 aliphatic rings. The standard InChI is InChI=1S/C21H26FN3O2/c1-13(24-25-20(27)17-4-2-3-5-18(17)22)6-19(26)23-21-10-14-7-15(11-21)9-16(8-14)12-21/h2-5,14-16H,6-12H2,1H3,(H,23,26)(H,25,27). The van der Waals surface area contributed by atoms with Crippen LogP contribution in [0.2, 0.25) is 0 Å². The van der Waals surface area contributed by atoms with E-state index in [2.05, 4.69) is 15.8 Å². The van der Waals surface area contributed by atoms with E-state index in [0.717, 1.165) is 37.0 Å². The molecule has 1 aromatic carbocycles. The molecule has 4 saturated carbocycles. The second-order valence-corrected chi connectivity index (χ2v) is 8.69. The average Bonchev–Trinajstić information content (AvgIpc) is 2.58. The van der Waals surface area contributed by atoms with Crippen LogP contribution >= 0.6 is 0 Å². The Morgan fingerprint density at radius 2 is 1.70 bits per heavy atom. The van der Waals surface area contributed by atoms with Gasteiger partial charge in [-0.3, -0.25) is 9.59 Å². The summed E-state index contributed by atoms with van der Waals surface area (Å²) in [5.74, 6) is 1.05. The van der Waals surface area contributed by atoms with Gasteiger partial charge in [-0.15, -0.1) is 0 Å². The first-order valence-corrected chi connectivity index (χ1v) is 9.81. The first kappa shape index (κ1) is 18.1. The van der Waals surface area contributed by atoms with E-state index in [-0.39, 0.29) is 23.4 Å². The summed E-state index contributed by atoms with van der Waals surface area (Å²) in [5.41, 5.74) is 2.75. The molecule has 144 valence electrons. The summed E-state index contributed by atoms with van der Waals surface area (Å²) in [6, 6.07) is 5.74. The molecule has 5 rings (SSSR count). The van der Waals surface area contributed by atoms with Gasteiger partial charge in [0.2, 0.25) is 5.91 Å². The summed E-state index contributed by atoms with van der Waals surface area (Å²) in [6.07, 6.45) is 7.44. The highest BCUT2D eigenvalue weighted by atomic mass is 19.1. The summed E-state index contributed by atoms with van der Waals surface area (Å²) in [4.78, 5) is 24.5. The van der Waals surface area contributed by atoms with Gasteiger partial charge in [0.25, 0.3) is 5.91 Å². The van der Waals surface area contributed by atoms with Gasteiger partial charge in [0.15, 0.2) is 0 Å². The number of nitrogens with zero attached hydrogens (tertiary/aromatic N) is 1. The Hall–Kier alpha value is -2.24. The van der Waals surface area contributed by atoms with Crippen LogP contribution in [-0.4, -0.2) is 23.1 Å². The Bertz CT molecular complexity index is 754. The lowest BCUT2D eigenvalue weighted by Crippen LogP contribution is -2.60. The molecule has 2 N–H and O–H groups in total. The fraction of sp³-hybridized carbons (Fsp3) is 0.571. The van der Waals surface area contributed by atoms with Crippen molar-refractivity contribution in [2.45, 2.75) is 57.4 Å². The lowest BCUT2D eigenvalue weighted by molar-refractivity contribution is -0.125. The lowest BCUT2D eigenvalue weighted by Gasteiger charge is -2.56. The van der Waals surface area contributed by atoms with Gasteiger partial charge in [-0.25, -0.2) is 9.82 Å². The molecule has 0 atom stereocenters. The second-order valence-electron chi connectivity index (χ2n) is 8.69. The molecule has 0 unspecified atom stereocenters. The van der Waals surface area contributed by atoms with Crippen molar-refractivity contribution in [3.05, 3.63) is 35.6 Å². The van der Waals surface area contributed by atoms with Crippen LogP contribution in [0.25, 0.3) is 0 Å². The van der Waals surface area contributed by atoms with Crippen molar-refractivity contribution in [1.29, 1.82) is 0 Å². The number of hydrogen-bond donors (Lipinski definition) is 2. The van der Waals surface area contributed by atoms with Crippen LogP contribution in [0.1, 0.15) is 62.2 Å². The molecule has 2 amide bonds. The van der Waals surface area contributed by atoms with E-state index in [0.29, 0.717) is 5.71 Å². The normalized spacial score (nSPS) is 31.6. The Morgan fingerprint density at radius 1 is 1.11 bits per heavy atom. The van der Waals surface area contributed by atoms with Crippen LogP contribution in [0.4, 0.5) is 4.39 Å². The Kier molecular flexibility index (Phi) is 4.74. The van der Waals surface area contributed by atoms with Crippen molar-refractivity contribution >= 4 is 17.5 Å². The predicted octanol–water partition coefficient (Wildman–Crippen LogP) is 3.41. The number of benzene rings is 1. The maximum atomic E-state index is 13.6. The quantitative estimate of drug-likeness (QED) is 0.615. The highest BCUT2D eigenvalue weighted by molar-refractivity contribution is 6.01. The highest BCUT2D eigenvalue weighted by Crippen LogP contribution is 2.55. The van der Waals surface area contributed by atoms with Gasteiger partial charge in [-0.1, -0.05) is 12.1 Å². The molecule has 4 aliphatic carbocycles. The van der Waals surface area contributed by atoms with Crippen molar-refractivity contribution in [3.63, 3.8) is 0 Å². The molecule has 5 nitrogen and oxygen atoms in total. The minimum absolute atomic E-state index is 0.0253. The first-order valence-electron chi connectivity index (χ1n) is 9.81. The molecule has 1 aromatic rings. The number of amides is 2. The first-order chi connectivity index (χ1) is 12.9. The summed E-state index contributed by atoms with van der Waals surface area (Å²) in [6.45, 7) is 1.70. The third-order valence-electron chi connectivity index (χ3n) is 6.33. The minimum atomic E-state index is -0.617. The molecule has 0 radical (unpaired) electrons. The molecular formula is C21H26FN3O2. The molecule has 4 fully saturated rings. The second kappa shape index (κ2) is 7.06. The van der Waals surface area contributed by atoms with E-state index in [1.54, 1.807) is 13.0 Å². The number of hydrogen-bond acceptors (Lipinski definition) is 3. The average molecular weight is 371 g/mol. The molecule has 27 heavy (non-hydrogen) atoms. The third-order valence-corrected chi connectivity index (χ3v) is 6.33. The van der Waals surface area contributed by atoms with Gasteiger partial charge >= 0.3 is 0 Å². The largest absolute Gasteiger partial charge is 0.350 e. The number of nitrogens with one attached hydrogen (secondary N) is 2. The van der Waals surface area contributed by atoms with Gasteiger partial charge in [0, 0.05) is 11.3 Å². The lowest BCUT2D eigenvalue weighted by atomic mass is 9.53. The SMILES string of the molecule is CC(CC(=O)NC12CC3CC(CC(C3)C1)C2)=NNC(=O)c1ccccc1F. The summed E-state index contributed by atoms with van der Waals surface area (Å²) in [5, 5.41) is 7.26. The van der Waals surface area contributed by atoms with Crippen molar-refractivity contribution in [1.82, 2.24) is 10.7 Å². The van der Waals surface area contributed by atoms with E-state index >= 15 is 0 Å². The third kappa shape index (κ3) is 3.89. The molecule has 0 aromatic heterocycles. The maximum Gasteiger partial charge on any atom is 0.274 e. The van der Waals surface area contributed by atoms with Gasteiger partial charge in [0.1, 0.15) is 5.82 Å².